The zero-order valence-corrected chi connectivity index (χ0v) is 21.0. The lowest BCUT2D eigenvalue weighted by Gasteiger charge is -2.14. The van der Waals surface area contributed by atoms with Crippen LogP contribution in [0.25, 0.3) is 22.1 Å². The topological polar surface area (TPSA) is 105 Å². The zero-order chi connectivity index (χ0) is 28.3. The Morgan fingerprint density at radius 1 is 1.10 bits per heavy atom. The molecular weight excluding hydrogens is 520 g/mol. The van der Waals surface area contributed by atoms with Crippen molar-refractivity contribution in [1.82, 2.24) is 4.98 Å². The minimum Gasteiger partial charge on any atom is -0.489 e. The van der Waals surface area contributed by atoms with Crippen LogP contribution in [-0.4, -0.2) is 23.3 Å². The summed E-state index contributed by atoms with van der Waals surface area (Å²) in [5.74, 6) is -1.36. The van der Waals surface area contributed by atoms with Gasteiger partial charge in [0.1, 0.15) is 29.8 Å². The molecule has 0 radical (unpaired) electrons. The van der Waals surface area contributed by atoms with Gasteiger partial charge in [-0.25, -0.2) is 4.39 Å². The quantitative estimate of drug-likeness (QED) is 0.157. The second kappa shape index (κ2) is 11.2. The summed E-state index contributed by atoms with van der Waals surface area (Å²) in [6.07, 6.45) is -2.99. The molecule has 0 fully saturated rings. The average Bonchev–Trinajstić information content (AvgIpc) is 3.32. The molecule has 7 nitrogen and oxygen atoms in total. The van der Waals surface area contributed by atoms with Crippen LogP contribution in [0.15, 0.2) is 53.3 Å². The number of nitrogens with zero attached hydrogens (tertiary/aromatic N) is 1. The summed E-state index contributed by atoms with van der Waals surface area (Å²) in [5.41, 5.74) is 5.31. The highest BCUT2D eigenvalue weighted by Crippen LogP contribution is 2.41. The average molecular weight is 545 g/mol. The largest absolute Gasteiger partial charge is 0.489 e. The van der Waals surface area contributed by atoms with Gasteiger partial charge >= 0.3 is 12.1 Å². The predicted octanol–water partition coefficient (Wildman–Crippen LogP) is 6.00. The van der Waals surface area contributed by atoms with Crippen molar-refractivity contribution in [3.63, 3.8) is 0 Å². The van der Waals surface area contributed by atoms with E-state index in [2.05, 4.69) is 4.98 Å². The maximum atomic E-state index is 15.2. The highest BCUT2D eigenvalue weighted by atomic mass is 19.4. The third-order valence-corrected chi connectivity index (χ3v) is 5.99. The van der Waals surface area contributed by atoms with Crippen molar-refractivity contribution in [2.75, 3.05) is 6.61 Å². The number of halogens is 4. The molecule has 2 N–H and O–H groups in total. The number of Topliss-reactive ketones (excluding diaryl/α,β-unsaturated/α-hetero) is 1. The fraction of sp³-hybridized carbons (Fsp3) is 0.250. The Hall–Kier alpha value is -4.25. The number of carbonyl (C=O) groups is 2. The number of carbonyl (C=O) groups excluding carboxylic acids is 2. The van der Waals surface area contributed by atoms with E-state index in [0.717, 1.165) is 0 Å². The van der Waals surface area contributed by atoms with Gasteiger partial charge in [0.2, 0.25) is 0 Å². The van der Waals surface area contributed by atoms with Crippen LogP contribution in [0, 0.1) is 5.82 Å². The van der Waals surface area contributed by atoms with Crippen LogP contribution in [0.2, 0.25) is 0 Å². The minimum absolute atomic E-state index is 0.0399. The molecule has 0 aliphatic carbocycles. The molecular formula is C28H24F4N2O5. The number of hydrogen-bond donors (Lipinski definition) is 1. The van der Waals surface area contributed by atoms with Gasteiger partial charge in [-0.2, -0.15) is 13.2 Å². The van der Waals surface area contributed by atoms with Crippen molar-refractivity contribution in [2.24, 2.45) is 5.73 Å². The number of alkyl halides is 3. The number of esters is 1. The number of rotatable bonds is 9. The molecule has 0 unspecified atom stereocenters. The smallest absolute Gasteiger partial charge is 0.420 e. The molecule has 0 spiro atoms. The fourth-order valence-corrected chi connectivity index (χ4v) is 4.12. The van der Waals surface area contributed by atoms with Crippen molar-refractivity contribution in [3.8, 4) is 16.9 Å². The zero-order valence-electron chi connectivity index (χ0n) is 21.0. The van der Waals surface area contributed by atoms with Crippen molar-refractivity contribution in [2.45, 2.75) is 39.6 Å². The van der Waals surface area contributed by atoms with Crippen molar-refractivity contribution in [1.29, 1.82) is 0 Å². The summed E-state index contributed by atoms with van der Waals surface area (Å²) in [7, 11) is 0. The Bertz CT molecular complexity index is 1550. The number of ether oxygens (including phenoxy) is 2. The number of aromatic nitrogens is 1. The fourth-order valence-electron chi connectivity index (χ4n) is 4.12. The standard InChI is InChI=1S/C28H24F4N2O5/c1-3-37-25(36)11-18-5-4-17(15(2)35)10-24(18)38-13-16-8-20(19-6-7-34-23(12-33)26(19)29)27-21(9-16)22(14-39-27)28(30,31)32/h4-10,14H,3,11-13,33H2,1-2H3. The van der Waals surface area contributed by atoms with Crippen LogP contribution in [0.1, 0.15) is 46.6 Å². The summed E-state index contributed by atoms with van der Waals surface area (Å²) in [6.45, 7) is 2.72. The number of benzene rings is 2. The third kappa shape index (κ3) is 5.93. The van der Waals surface area contributed by atoms with Crippen molar-refractivity contribution < 1.29 is 41.0 Å². The van der Waals surface area contributed by atoms with Gasteiger partial charge in [0.25, 0.3) is 0 Å². The summed E-state index contributed by atoms with van der Waals surface area (Å²) in [5, 5.41) is -0.284. The van der Waals surface area contributed by atoms with Crippen LogP contribution in [0.4, 0.5) is 17.6 Å². The van der Waals surface area contributed by atoms with Gasteiger partial charge in [0.05, 0.1) is 18.7 Å². The number of nitrogens with two attached hydrogens (primary N) is 1. The monoisotopic (exact) mass is 544 g/mol. The molecule has 204 valence electrons. The van der Waals surface area contributed by atoms with Crippen LogP contribution < -0.4 is 10.5 Å². The second-order valence-corrected chi connectivity index (χ2v) is 8.64. The van der Waals surface area contributed by atoms with Crippen LogP contribution >= 0.6 is 0 Å². The van der Waals surface area contributed by atoms with Gasteiger partial charge in [0.15, 0.2) is 11.6 Å². The van der Waals surface area contributed by atoms with Crippen LogP contribution in [0.5, 0.6) is 5.75 Å². The van der Waals surface area contributed by atoms with Crippen molar-refractivity contribution >= 4 is 22.7 Å². The first-order valence-electron chi connectivity index (χ1n) is 11.9. The summed E-state index contributed by atoms with van der Waals surface area (Å²) in [6, 6.07) is 8.55. The van der Waals surface area contributed by atoms with Crippen LogP contribution in [-0.2, 0) is 35.3 Å². The lowest BCUT2D eigenvalue weighted by Crippen LogP contribution is -2.10. The van der Waals surface area contributed by atoms with E-state index in [0.29, 0.717) is 17.4 Å². The molecule has 2 aromatic heterocycles. The molecule has 4 aromatic rings. The molecule has 0 saturated carbocycles. The Kier molecular flexibility index (Phi) is 8.01. The van der Waals surface area contributed by atoms with Gasteiger partial charge in [-0.15, -0.1) is 0 Å². The van der Waals surface area contributed by atoms with E-state index >= 15 is 4.39 Å². The first-order chi connectivity index (χ1) is 18.5. The van der Waals surface area contributed by atoms with E-state index in [9.17, 15) is 22.8 Å². The first kappa shape index (κ1) is 27.8. The molecule has 0 atom stereocenters. The van der Waals surface area contributed by atoms with Crippen molar-refractivity contribution in [3.05, 3.63) is 82.6 Å². The molecule has 0 saturated heterocycles. The first-order valence-corrected chi connectivity index (χ1v) is 11.9. The molecule has 39 heavy (non-hydrogen) atoms. The highest BCUT2D eigenvalue weighted by molar-refractivity contribution is 5.96. The molecule has 0 aliphatic rings. The molecule has 0 aliphatic heterocycles. The van der Waals surface area contributed by atoms with Gasteiger partial charge < -0.3 is 19.6 Å². The third-order valence-electron chi connectivity index (χ3n) is 5.99. The minimum atomic E-state index is -4.73. The van der Waals surface area contributed by atoms with Gasteiger partial charge in [-0.05, 0) is 43.7 Å². The number of furan rings is 1. The number of fused-ring (bicyclic) bond motifs is 1. The van der Waals surface area contributed by atoms with E-state index in [1.165, 1.54) is 43.5 Å². The Balaban J connectivity index is 1.80. The molecule has 0 bridgehead atoms. The maximum absolute atomic E-state index is 15.2. The number of ketones is 1. The maximum Gasteiger partial charge on any atom is 0.420 e. The molecule has 2 heterocycles. The van der Waals surface area contributed by atoms with Gasteiger partial charge in [-0.3, -0.25) is 14.6 Å². The van der Waals surface area contributed by atoms with E-state index in [4.69, 9.17) is 19.6 Å². The van der Waals surface area contributed by atoms with Crippen LogP contribution in [0.3, 0.4) is 0 Å². The Morgan fingerprint density at radius 3 is 2.54 bits per heavy atom. The second-order valence-electron chi connectivity index (χ2n) is 8.64. The molecule has 0 amide bonds. The lowest BCUT2D eigenvalue weighted by molar-refractivity contribution is -0.142. The molecule has 4 rings (SSSR count). The highest BCUT2D eigenvalue weighted by Gasteiger charge is 2.35. The normalized spacial score (nSPS) is 11.6. The SMILES string of the molecule is CCOC(=O)Cc1ccc(C(C)=O)cc1OCc1cc(-c2ccnc(CN)c2F)c2occ(C(F)(F)F)c2c1. The van der Waals surface area contributed by atoms with E-state index in [1.54, 1.807) is 13.0 Å². The van der Waals surface area contributed by atoms with Gasteiger partial charge in [-0.1, -0.05) is 12.1 Å². The Labute approximate surface area is 220 Å². The number of pyridine rings is 1. The van der Waals surface area contributed by atoms with E-state index in [-0.39, 0.29) is 71.1 Å². The predicted molar refractivity (Wildman–Crippen MR) is 133 cm³/mol. The summed E-state index contributed by atoms with van der Waals surface area (Å²) >= 11 is 0. The molecule has 11 heteroatoms. The molecule has 2 aromatic carbocycles. The Morgan fingerprint density at radius 2 is 1.87 bits per heavy atom. The van der Waals surface area contributed by atoms with E-state index < -0.39 is 23.5 Å². The van der Waals surface area contributed by atoms with Gasteiger partial charge in [0, 0.05) is 40.4 Å². The number of hydrogen-bond acceptors (Lipinski definition) is 7. The van der Waals surface area contributed by atoms with E-state index in [1.807, 2.05) is 0 Å². The summed E-state index contributed by atoms with van der Waals surface area (Å²) in [4.78, 5) is 27.9. The summed E-state index contributed by atoms with van der Waals surface area (Å²) < 4.78 is 72.6. The lowest BCUT2D eigenvalue weighted by atomic mass is 9.98.